The minimum absolute atomic E-state index is 0.0190. The fourth-order valence-electron chi connectivity index (χ4n) is 5.62. The molecule has 1 fully saturated rings. The molecule has 0 aliphatic carbocycles. The molecule has 4 aromatic carbocycles. The van der Waals surface area contributed by atoms with Crippen molar-refractivity contribution in [1.82, 2.24) is 19.8 Å². The van der Waals surface area contributed by atoms with Crippen LogP contribution >= 0.6 is 0 Å². The van der Waals surface area contributed by atoms with Crippen LogP contribution in [-0.4, -0.2) is 44.9 Å². The van der Waals surface area contributed by atoms with Gasteiger partial charge in [-0.15, -0.1) is 0 Å². The summed E-state index contributed by atoms with van der Waals surface area (Å²) in [5, 5.41) is 2.90. The zero-order valence-electron chi connectivity index (χ0n) is 25.7. The van der Waals surface area contributed by atoms with Gasteiger partial charge in [0.05, 0.1) is 11.0 Å². The number of fused-ring (bicyclic) bond motifs is 1. The van der Waals surface area contributed by atoms with Crippen LogP contribution in [0, 0.1) is 6.92 Å². The predicted octanol–water partition coefficient (Wildman–Crippen LogP) is 6.56. The van der Waals surface area contributed by atoms with E-state index in [-0.39, 0.29) is 24.4 Å². The summed E-state index contributed by atoms with van der Waals surface area (Å²) >= 11 is 0. The summed E-state index contributed by atoms with van der Waals surface area (Å²) in [7, 11) is 1.91. The first-order valence-electron chi connectivity index (χ1n) is 15.0. The molecule has 1 aliphatic rings. The van der Waals surface area contributed by atoms with Crippen LogP contribution in [0.25, 0.3) is 11.0 Å². The third-order valence-corrected chi connectivity index (χ3v) is 7.87. The predicted molar refractivity (Wildman–Crippen MR) is 173 cm³/mol. The molecule has 0 unspecified atom stereocenters. The largest absolute Gasteiger partial charge is 0.457 e. The number of hydrogen-bond acceptors (Lipinski definition) is 5. The molecule has 6 rings (SSSR count). The van der Waals surface area contributed by atoms with E-state index in [2.05, 4.69) is 5.32 Å². The number of aryl methyl sites for hydroxylation is 2. The van der Waals surface area contributed by atoms with Crippen LogP contribution in [0.4, 0.5) is 10.5 Å². The number of nitrogens with zero attached hydrogens (tertiary/aromatic N) is 4. The Labute approximate surface area is 262 Å². The molecule has 9 nitrogen and oxygen atoms in total. The van der Waals surface area contributed by atoms with Gasteiger partial charge in [0.15, 0.2) is 0 Å². The fraction of sp³-hybridized carbons (Fsp3) is 0.222. The van der Waals surface area contributed by atoms with Gasteiger partial charge in [-0.3, -0.25) is 19.4 Å². The zero-order valence-corrected chi connectivity index (χ0v) is 25.7. The van der Waals surface area contributed by atoms with E-state index in [0.29, 0.717) is 35.0 Å². The van der Waals surface area contributed by atoms with E-state index in [4.69, 9.17) is 9.72 Å². The van der Waals surface area contributed by atoms with Gasteiger partial charge in [0, 0.05) is 30.8 Å². The van der Waals surface area contributed by atoms with Crippen molar-refractivity contribution in [2.75, 3.05) is 11.4 Å². The normalized spacial score (nSPS) is 14.0. The summed E-state index contributed by atoms with van der Waals surface area (Å²) in [4.78, 5) is 47.9. The first kappa shape index (κ1) is 29.6. The number of rotatable bonds is 9. The number of nitrogens with one attached hydrogen (secondary N) is 1. The summed E-state index contributed by atoms with van der Waals surface area (Å²) in [5.74, 6) is 1.47. The van der Waals surface area contributed by atoms with E-state index in [0.717, 1.165) is 22.2 Å². The number of amides is 4. The number of imidazole rings is 1. The highest BCUT2D eigenvalue weighted by atomic mass is 16.5. The Kier molecular flexibility index (Phi) is 8.08. The van der Waals surface area contributed by atoms with E-state index in [1.54, 1.807) is 36.4 Å². The number of aromatic nitrogens is 2. The van der Waals surface area contributed by atoms with Crippen LogP contribution in [0.3, 0.4) is 0 Å². The lowest BCUT2D eigenvalue weighted by atomic mass is 10.0. The minimum Gasteiger partial charge on any atom is -0.457 e. The van der Waals surface area contributed by atoms with Crippen molar-refractivity contribution in [1.29, 1.82) is 0 Å². The molecule has 1 aromatic heterocycles. The average Bonchev–Trinajstić information content (AvgIpc) is 3.51. The molecule has 4 amide bonds. The summed E-state index contributed by atoms with van der Waals surface area (Å²) < 4.78 is 7.86. The first-order chi connectivity index (χ1) is 21.7. The maximum absolute atomic E-state index is 14.0. The number of urea groups is 1. The van der Waals surface area contributed by atoms with Crippen LogP contribution in [0.15, 0.2) is 97.1 Å². The molecule has 45 heavy (non-hydrogen) atoms. The number of carbonyl (C=O) groups excluding carboxylic acids is 3. The van der Waals surface area contributed by atoms with Gasteiger partial charge in [0.1, 0.15) is 29.9 Å². The fourth-order valence-corrected chi connectivity index (χ4v) is 5.62. The molecule has 0 spiro atoms. The highest BCUT2D eigenvalue weighted by Gasteiger charge is 2.43. The van der Waals surface area contributed by atoms with Crippen molar-refractivity contribution in [3.05, 3.63) is 120 Å². The molecular weight excluding hydrogens is 566 g/mol. The van der Waals surface area contributed by atoms with Gasteiger partial charge < -0.3 is 14.6 Å². The third kappa shape index (κ3) is 6.15. The lowest BCUT2D eigenvalue weighted by Gasteiger charge is -2.26. The van der Waals surface area contributed by atoms with Crippen LogP contribution in [-0.2, 0) is 18.3 Å². The van der Waals surface area contributed by atoms with Crippen molar-refractivity contribution in [3.8, 4) is 11.5 Å². The number of carbonyl (C=O) groups is 3. The smallest absolute Gasteiger partial charge is 0.332 e. The monoisotopic (exact) mass is 601 g/mol. The van der Waals surface area contributed by atoms with Crippen LogP contribution in [0.2, 0.25) is 0 Å². The van der Waals surface area contributed by atoms with Crippen molar-refractivity contribution >= 4 is 34.6 Å². The second-order valence-electron chi connectivity index (χ2n) is 11.6. The quantitative estimate of drug-likeness (QED) is 0.193. The lowest BCUT2D eigenvalue weighted by molar-refractivity contribution is -0.126. The molecule has 0 radical (unpaired) electrons. The van der Waals surface area contributed by atoms with Gasteiger partial charge in [-0.05, 0) is 92.6 Å². The number of benzene rings is 4. The molecular formula is C36H35N5O4. The minimum atomic E-state index is -0.677. The molecule has 5 aromatic rings. The standard InChI is InChI=1S/C36H35N5O4/c1-23(2)37-35(43)26-13-11-25(12-14-26)21-32(34-38-30-19-10-24(3)20-31(30)39(34)4)41-33(42)22-40(36(41)44)27-15-17-29(18-16-27)45-28-8-6-5-7-9-28/h5-20,23,32H,21-22H2,1-4H3,(H,37,43)/t32-/m0/s1. The Balaban J connectivity index is 1.31. The third-order valence-electron chi connectivity index (χ3n) is 7.87. The SMILES string of the molecule is Cc1ccc2nc([C@H](Cc3ccc(C(=O)NC(C)C)cc3)N3C(=O)CN(c4ccc(Oc5ccccc5)cc4)C3=O)n(C)c2c1. The highest BCUT2D eigenvalue weighted by molar-refractivity contribution is 6.12. The Morgan fingerprint density at radius 2 is 1.60 bits per heavy atom. The van der Waals surface area contributed by atoms with Crippen LogP contribution in [0.1, 0.15) is 47.2 Å². The second-order valence-corrected chi connectivity index (χ2v) is 11.6. The number of para-hydroxylation sites is 1. The molecule has 1 N–H and O–H groups in total. The number of anilines is 1. The molecule has 0 bridgehead atoms. The molecule has 1 aliphatic heterocycles. The molecule has 1 atom stereocenters. The Morgan fingerprint density at radius 1 is 0.911 bits per heavy atom. The maximum atomic E-state index is 14.0. The maximum Gasteiger partial charge on any atom is 0.332 e. The van der Waals surface area contributed by atoms with Gasteiger partial charge in [0.25, 0.3) is 11.8 Å². The average molecular weight is 602 g/mol. The summed E-state index contributed by atoms with van der Waals surface area (Å²) in [5.41, 5.74) is 4.79. The lowest BCUT2D eigenvalue weighted by Crippen LogP contribution is -2.38. The van der Waals surface area contributed by atoms with Crippen molar-refractivity contribution < 1.29 is 19.1 Å². The van der Waals surface area contributed by atoms with Crippen molar-refractivity contribution in [2.45, 2.75) is 39.3 Å². The molecule has 0 saturated carbocycles. The summed E-state index contributed by atoms with van der Waals surface area (Å²) in [6, 6.07) is 28.7. The molecule has 1 saturated heterocycles. The van der Waals surface area contributed by atoms with Gasteiger partial charge >= 0.3 is 6.03 Å². The number of imide groups is 1. The first-order valence-corrected chi connectivity index (χ1v) is 15.0. The summed E-state index contributed by atoms with van der Waals surface area (Å²) in [6.45, 7) is 5.75. The number of hydrogen-bond donors (Lipinski definition) is 1. The van der Waals surface area contributed by atoms with E-state index in [9.17, 15) is 14.4 Å². The Hall–Kier alpha value is -5.44. The van der Waals surface area contributed by atoms with Crippen LogP contribution < -0.4 is 15.0 Å². The van der Waals surface area contributed by atoms with Crippen molar-refractivity contribution in [2.24, 2.45) is 7.05 Å². The molecule has 2 heterocycles. The number of ether oxygens (including phenoxy) is 1. The van der Waals surface area contributed by atoms with Gasteiger partial charge in [-0.1, -0.05) is 36.4 Å². The van der Waals surface area contributed by atoms with Gasteiger partial charge in [-0.25, -0.2) is 9.78 Å². The topological polar surface area (TPSA) is 96.8 Å². The zero-order chi connectivity index (χ0) is 31.7. The van der Waals surface area contributed by atoms with Crippen molar-refractivity contribution in [3.63, 3.8) is 0 Å². The second kappa shape index (κ2) is 12.3. The molecule has 9 heteroatoms. The van der Waals surface area contributed by atoms with Gasteiger partial charge in [0.2, 0.25) is 0 Å². The molecule has 228 valence electrons. The van der Waals surface area contributed by atoms with E-state index >= 15 is 0 Å². The van der Waals surface area contributed by atoms with Crippen LogP contribution in [0.5, 0.6) is 11.5 Å². The Morgan fingerprint density at radius 3 is 2.29 bits per heavy atom. The van der Waals surface area contributed by atoms with E-state index < -0.39 is 12.1 Å². The Bertz CT molecular complexity index is 1860. The van der Waals surface area contributed by atoms with Gasteiger partial charge in [-0.2, -0.15) is 0 Å². The van der Waals surface area contributed by atoms with E-state index in [1.165, 1.54) is 9.80 Å². The van der Waals surface area contributed by atoms with E-state index in [1.807, 2.05) is 93.0 Å². The highest BCUT2D eigenvalue weighted by Crippen LogP contribution is 2.34. The summed E-state index contributed by atoms with van der Waals surface area (Å²) in [6.07, 6.45) is 0.331.